The molecule has 0 saturated heterocycles. The van der Waals surface area contributed by atoms with E-state index in [1.54, 1.807) is 18.3 Å². The van der Waals surface area contributed by atoms with Gasteiger partial charge in [-0.05, 0) is 23.6 Å². The third-order valence-corrected chi connectivity index (χ3v) is 4.73. The number of aryl methyl sites for hydroxylation is 1. The number of hydrogen-bond acceptors (Lipinski definition) is 8. The average molecular weight is 386 g/mol. The molecule has 1 atom stereocenters. The van der Waals surface area contributed by atoms with E-state index < -0.39 is 6.04 Å². The summed E-state index contributed by atoms with van der Waals surface area (Å²) < 4.78 is 9.89. The average Bonchev–Trinajstić information content (AvgIpc) is 3.38. The van der Waals surface area contributed by atoms with Crippen LogP contribution >= 0.6 is 11.3 Å². The largest absolute Gasteiger partial charge is 0.469 e. The van der Waals surface area contributed by atoms with E-state index in [4.69, 9.17) is 9.26 Å². The Hall–Kier alpha value is -3.07. The molecule has 0 aliphatic carbocycles. The molecule has 0 fully saturated rings. The second kappa shape index (κ2) is 9.04. The first-order valence-electron chi connectivity index (χ1n) is 8.29. The summed E-state index contributed by atoms with van der Waals surface area (Å²) in [6, 6.07) is 8.73. The fourth-order valence-electron chi connectivity index (χ4n) is 2.40. The van der Waals surface area contributed by atoms with Crippen LogP contribution in [0.15, 0.2) is 46.4 Å². The van der Waals surface area contributed by atoms with E-state index in [0.717, 1.165) is 4.88 Å². The van der Waals surface area contributed by atoms with E-state index in [1.165, 1.54) is 18.4 Å². The molecule has 3 aromatic rings. The Labute approximate surface area is 159 Å². The van der Waals surface area contributed by atoms with Crippen LogP contribution in [0.2, 0.25) is 0 Å². The Morgan fingerprint density at radius 3 is 2.89 bits per heavy atom. The molecular formula is C18H18N4O4S. The van der Waals surface area contributed by atoms with E-state index in [-0.39, 0.29) is 24.7 Å². The molecule has 1 amide bonds. The van der Waals surface area contributed by atoms with Crippen molar-refractivity contribution in [3.8, 4) is 11.5 Å². The summed E-state index contributed by atoms with van der Waals surface area (Å²) in [6.45, 7) is 0. The van der Waals surface area contributed by atoms with Gasteiger partial charge in [0, 0.05) is 23.9 Å². The zero-order valence-electron chi connectivity index (χ0n) is 14.6. The van der Waals surface area contributed by atoms with Gasteiger partial charge in [0.2, 0.25) is 17.6 Å². The van der Waals surface area contributed by atoms with Crippen molar-refractivity contribution in [2.45, 2.75) is 25.3 Å². The lowest BCUT2D eigenvalue weighted by Gasteiger charge is -2.16. The SMILES string of the molecule is COC(=O)CC(NC(=O)CCc1nc(-c2ccccn2)no1)c1cccs1. The van der Waals surface area contributed by atoms with Crippen molar-refractivity contribution in [1.29, 1.82) is 0 Å². The summed E-state index contributed by atoms with van der Waals surface area (Å²) in [7, 11) is 1.32. The monoisotopic (exact) mass is 386 g/mol. The van der Waals surface area contributed by atoms with Gasteiger partial charge in [0.1, 0.15) is 5.69 Å². The third kappa shape index (κ3) is 5.20. The lowest BCUT2D eigenvalue weighted by atomic mass is 10.1. The third-order valence-electron chi connectivity index (χ3n) is 3.75. The Bertz CT molecular complexity index is 880. The first kappa shape index (κ1) is 18.7. The number of nitrogens with zero attached hydrogens (tertiary/aromatic N) is 3. The summed E-state index contributed by atoms with van der Waals surface area (Å²) in [4.78, 5) is 33.2. The molecule has 3 heterocycles. The first-order chi connectivity index (χ1) is 13.2. The van der Waals surface area contributed by atoms with Crippen LogP contribution < -0.4 is 5.32 Å². The van der Waals surface area contributed by atoms with E-state index in [2.05, 4.69) is 20.4 Å². The van der Waals surface area contributed by atoms with Crippen LogP contribution in [0, 0.1) is 0 Å². The lowest BCUT2D eigenvalue weighted by molar-refractivity contribution is -0.141. The number of thiophene rings is 1. The van der Waals surface area contributed by atoms with Gasteiger partial charge in [0.25, 0.3) is 0 Å². The second-order valence-corrected chi connectivity index (χ2v) is 6.62. The van der Waals surface area contributed by atoms with E-state index in [0.29, 0.717) is 23.8 Å². The molecule has 1 unspecified atom stereocenters. The van der Waals surface area contributed by atoms with Crippen molar-refractivity contribution in [2.75, 3.05) is 7.11 Å². The fraction of sp³-hybridized carbons (Fsp3) is 0.278. The maximum atomic E-state index is 12.3. The number of aromatic nitrogens is 3. The number of hydrogen-bond donors (Lipinski definition) is 1. The maximum absolute atomic E-state index is 12.3. The quantitative estimate of drug-likeness (QED) is 0.593. The number of pyridine rings is 1. The van der Waals surface area contributed by atoms with Crippen LogP contribution in [0.5, 0.6) is 0 Å². The van der Waals surface area contributed by atoms with Gasteiger partial charge in [-0.1, -0.05) is 17.3 Å². The highest BCUT2D eigenvalue weighted by Crippen LogP contribution is 2.22. The highest BCUT2D eigenvalue weighted by atomic mass is 32.1. The molecule has 0 radical (unpaired) electrons. The summed E-state index contributed by atoms with van der Waals surface area (Å²) >= 11 is 1.47. The van der Waals surface area contributed by atoms with Crippen molar-refractivity contribution >= 4 is 23.2 Å². The standard InChI is InChI=1S/C18H18N4O4S/c1-25-17(24)11-13(14-6-4-10-27-14)20-15(23)7-8-16-21-18(22-26-16)12-5-2-3-9-19-12/h2-6,9-10,13H,7-8,11H2,1H3,(H,20,23). The van der Waals surface area contributed by atoms with Crippen molar-refractivity contribution in [1.82, 2.24) is 20.4 Å². The van der Waals surface area contributed by atoms with Crippen LogP contribution in [0.25, 0.3) is 11.5 Å². The molecule has 0 spiro atoms. The molecule has 0 aromatic carbocycles. The molecule has 8 nitrogen and oxygen atoms in total. The minimum Gasteiger partial charge on any atom is -0.469 e. The van der Waals surface area contributed by atoms with Gasteiger partial charge in [0.15, 0.2) is 0 Å². The van der Waals surface area contributed by atoms with Gasteiger partial charge in [-0.2, -0.15) is 4.98 Å². The summed E-state index contributed by atoms with van der Waals surface area (Å²) in [5, 5.41) is 8.63. The highest BCUT2D eigenvalue weighted by molar-refractivity contribution is 7.10. The Kier molecular flexibility index (Phi) is 6.26. The predicted molar refractivity (Wildman–Crippen MR) is 97.7 cm³/mol. The van der Waals surface area contributed by atoms with Gasteiger partial charge >= 0.3 is 5.97 Å². The number of methoxy groups -OCH3 is 1. The molecule has 0 aliphatic rings. The normalized spacial score (nSPS) is 11.7. The molecule has 1 N–H and O–H groups in total. The van der Waals surface area contributed by atoms with E-state index in [1.807, 2.05) is 23.6 Å². The number of carbonyl (C=O) groups is 2. The Morgan fingerprint density at radius 1 is 1.30 bits per heavy atom. The molecule has 27 heavy (non-hydrogen) atoms. The van der Waals surface area contributed by atoms with Crippen molar-refractivity contribution in [3.63, 3.8) is 0 Å². The second-order valence-electron chi connectivity index (χ2n) is 5.64. The molecule has 140 valence electrons. The Balaban J connectivity index is 1.57. The first-order valence-corrected chi connectivity index (χ1v) is 9.17. The molecule has 0 aliphatic heterocycles. The van der Waals surface area contributed by atoms with Crippen LogP contribution in [-0.4, -0.2) is 34.1 Å². The summed E-state index contributed by atoms with van der Waals surface area (Å²) in [5.74, 6) is 0.139. The number of amides is 1. The van der Waals surface area contributed by atoms with Crippen LogP contribution in [0.3, 0.4) is 0 Å². The van der Waals surface area contributed by atoms with Crippen LogP contribution in [0.1, 0.15) is 29.7 Å². The van der Waals surface area contributed by atoms with E-state index >= 15 is 0 Å². The zero-order chi connectivity index (χ0) is 19.1. The van der Waals surface area contributed by atoms with E-state index in [9.17, 15) is 9.59 Å². The topological polar surface area (TPSA) is 107 Å². The van der Waals surface area contributed by atoms with Crippen molar-refractivity contribution in [3.05, 3.63) is 52.7 Å². The number of esters is 1. The summed E-state index contributed by atoms with van der Waals surface area (Å²) in [6.07, 6.45) is 2.17. The minimum atomic E-state index is -0.420. The number of carbonyl (C=O) groups excluding carboxylic acids is 2. The molecule has 3 rings (SSSR count). The molecule has 0 bridgehead atoms. The number of rotatable bonds is 8. The predicted octanol–water partition coefficient (Wildman–Crippen LogP) is 2.55. The molecule has 3 aromatic heterocycles. The fourth-order valence-corrected chi connectivity index (χ4v) is 3.18. The molecule has 0 saturated carbocycles. The molecule has 9 heteroatoms. The smallest absolute Gasteiger partial charge is 0.307 e. The highest BCUT2D eigenvalue weighted by Gasteiger charge is 2.20. The zero-order valence-corrected chi connectivity index (χ0v) is 15.4. The van der Waals surface area contributed by atoms with Crippen LogP contribution in [0.4, 0.5) is 0 Å². The summed E-state index contributed by atoms with van der Waals surface area (Å²) in [5.41, 5.74) is 0.604. The van der Waals surface area contributed by atoms with Crippen molar-refractivity contribution in [2.24, 2.45) is 0 Å². The van der Waals surface area contributed by atoms with Crippen LogP contribution in [-0.2, 0) is 20.7 Å². The van der Waals surface area contributed by atoms with Gasteiger partial charge in [-0.3, -0.25) is 14.6 Å². The van der Waals surface area contributed by atoms with Gasteiger partial charge in [0.05, 0.1) is 19.6 Å². The number of ether oxygens (including phenoxy) is 1. The van der Waals surface area contributed by atoms with Gasteiger partial charge < -0.3 is 14.6 Å². The molecular weight excluding hydrogens is 368 g/mol. The van der Waals surface area contributed by atoms with Gasteiger partial charge in [-0.25, -0.2) is 0 Å². The van der Waals surface area contributed by atoms with Crippen molar-refractivity contribution < 1.29 is 18.8 Å². The minimum absolute atomic E-state index is 0.0765. The van der Waals surface area contributed by atoms with Gasteiger partial charge in [-0.15, -0.1) is 11.3 Å². The maximum Gasteiger partial charge on any atom is 0.307 e. The number of nitrogens with one attached hydrogen (secondary N) is 1. The lowest BCUT2D eigenvalue weighted by Crippen LogP contribution is -2.30. The Morgan fingerprint density at radius 2 is 2.19 bits per heavy atom.